The third-order valence-electron chi connectivity index (χ3n) is 3.81. The van der Waals surface area contributed by atoms with E-state index < -0.39 is 0 Å². The SMILES string of the molecule is CCNCc1cccc(F)c1OC1CCCC(OC)C1. The molecular weight excluding hydrogens is 257 g/mol. The summed E-state index contributed by atoms with van der Waals surface area (Å²) in [6.07, 6.45) is 4.22. The maximum atomic E-state index is 14.0. The van der Waals surface area contributed by atoms with Crippen molar-refractivity contribution in [2.75, 3.05) is 13.7 Å². The van der Waals surface area contributed by atoms with Crippen molar-refractivity contribution in [2.24, 2.45) is 0 Å². The van der Waals surface area contributed by atoms with Gasteiger partial charge in [-0.2, -0.15) is 0 Å². The summed E-state index contributed by atoms with van der Waals surface area (Å²) in [5, 5.41) is 3.22. The number of rotatable bonds is 6. The molecule has 2 atom stereocenters. The van der Waals surface area contributed by atoms with Crippen LogP contribution in [0.3, 0.4) is 0 Å². The number of nitrogens with one attached hydrogen (secondary N) is 1. The van der Waals surface area contributed by atoms with Crippen molar-refractivity contribution in [2.45, 2.75) is 51.4 Å². The van der Waals surface area contributed by atoms with Gasteiger partial charge in [-0.3, -0.25) is 0 Å². The van der Waals surface area contributed by atoms with Crippen molar-refractivity contribution >= 4 is 0 Å². The highest BCUT2D eigenvalue weighted by atomic mass is 19.1. The van der Waals surface area contributed by atoms with Crippen LogP contribution in [0.25, 0.3) is 0 Å². The number of benzene rings is 1. The zero-order valence-electron chi connectivity index (χ0n) is 12.3. The second kappa shape index (κ2) is 7.60. The molecule has 1 aliphatic carbocycles. The molecule has 0 bridgehead atoms. The Morgan fingerprint density at radius 1 is 1.30 bits per heavy atom. The molecule has 0 aliphatic heterocycles. The lowest BCUT2D eigenvalue weighted by molar-refractivity contribution is 0.0194. The molecule has 20 heavy (non-hydrogen) atoms. The minimum absolute atomic E-state index is 0.0472. The van der Waals surface area contributed by atoms with Gasteiger partial charge in [-0.1, -0.05) is 19.1 Å². The Morgan fingerprint density at radius 3 is 2.85 bits per heavy atom. The predicted molar refractivity (Wildman–Crippen MR) is 77.5 cm³/mol. The molecule has 0 heterocycles. The Bertz CT molecular complexity index is 425. The average Bonchev–Trinajstić information content (AvgIpc) is 2.48. The quantitative estimate of drug-likeness (QED) is 0.868. The Labute approximate surface area is 120 Å². The first-order chi connectivity index (χ1) is 9.74. The molecule has 1 aliphatic rings. The van der Waals surface area contributed by atoms with E-state index in [4.69, 9.17) is 9.47 Å². The topological polar surface area (TPSA) is 30.5 Å². The third-order valence-corrected chi connectivity index (χ3v) is 3.81. The standard InChI is InChI=1S/C16H24FNO2/c1-3-18-11-12-6-4-9-15(17)16(12)20-14-8-5-7-13(10-14)19-2/h4,6,9,13-14,18H,3,5,7-8,10-11H2,1-2H3. The van der Waals surface area contributed by atoms with E-state index in [1.807, 2.05) is 13.0 Å². The third kappa shape index (κ3) is 3.93. The van der Waals surface area contributed by atoms with E-state index in [0.717, 1.165) is 37.8 Å². The second-order valence-corrected chi connectivity index (χ2v) is 5.27. The fraction of sp³-hybridized carbons (Fsp3) is 0.625. The molecule has 0 aromatic heterocycles. The summed E-state index contributed by atoms with van der Waals surface area (Å²) < 4.78 is 25.4. The molecule has 1 N–H and O–H groups in total. The van der Waals surface area contributed by atoms with E-state index >= 15 is 0 Å². The van der Waals surface area contributed by atoms with Crippen LogP contribution in [0.1, 0.15) is 38.2 Å². The van der Waals surface area contributed by atoms with Gasteiger partial charge in [-0.05, 0) is 31.9 Å². The van der Waals surface area contributed by atoms with E-state index in [9.17, 15) is 4.39 Å². The lowest BCUT2D eigenvalue weighted by atomic mass is 9.95. The van der Waals surface area contributed by atoms with Crippen LogP contribution < -0.4 is 10.1 Å². The van der Waals surface area contributed by atoms with E-state index in [0.29, 0.717) is 12.3 Å². The van der Waals surface area contributed by atoms with Gasteiger partial charge in [0.15, 0.2) is 11.6 Å². The molecule has 1 aromatic rings. The van der Waals surface area contributed by atoms with Gasteiger partial charge >= 0.3 is 0 Å². The number of methoxy groups -OCH3 is 1. The normalized spacial score (nSPS) is 22.8. The average molecular weight is 281 g/mol. The van der Waals surface area contributed by atoms with E-state index in [2.05, 4.69) is 5.32 Å². The number of hydrogen-bond acceptors (Lipinski definition) is 3. The maximum Gasteiger partial charge on any atom is 0.165 e. The summed E-state index contributed by atoms with van der Waals surface area (Å²) in [6.45, 7) is 3.51. The largest absolute Gasteiger partial charge is 0.487 e. The van der Waals surface area contributed by atoms with Crippen LogP contribution in [0.2, 0.25) is 0 Å². The summed E-state index contributed by atoms with van der Waals surface area (Å²) >= 11 is 0. The molecule has 1 aromatic carbocycles. The summed E-state index contributed by atoms with van der Waals surface area (Å²) in [6, 6.07) is 5.10. The second-order valence-electron chi connectivity index (χ2n) is 5.27. The van der Waals surface area contributed by atoms with Gasteiger partial charge in [0.2, 0.25) is 0 Å². The summed E-state index contributed by atoms with van der Waals surface area (Å²) in [7, 11) is 1.73. The molecule has 2 unspecified atom stereocenters. The first-order valence-electron chi connectivity index (χ1n) is 7.42. The smallest absolute Gasteiger partial charge is 0.165 e. The Balaban J connectivity index is 2.07. The van der Waals surface area contributed by atoms with Crippen molar-refractivity contribution in [1.29, 1.82) is 0 Å². The molecule has 0 amide bonds. The van der Waals surface area contributed by atoms with Gasteiger partial charge in [0.1, 0.15) is 6.10 Å². The van der Waals surface area contributed by atoms with Crippen LogP contribution in [-0.4, -0.2) is 25.9 Å². The van der Waals surface area contributed by atoms with Crippen molar-refractivity contribution in [3.63, 3.8) is 0 Å². The molecule has 112 valence electrons. The highest BCUT2D eigenvalue weighted by molar-refractivity contribution is 5.35. The molecule has 0 spiro atoms. The fourth-order valence-electron chi connectivity index (χ4n) is 2.67. The number of ether oxygens (including phenoxy) is 2. The van der Waals surface area contributed by atoms with Crippen molar-refractivity contribution in [3.8, 4) is 5.75 Å². The number of halogens is 1. The van der Waals surface area contributed by atoms with Crippen LogP contribution in [0, 0.1) is 5.82 Å². The Kier molecular flexibility index (Phi) is 5.80. The zero-order valence-corrected chi connectivity index (χ0v) is 12.3. The van der Waals surface area contributed by atoms with Crippen molar-refractivity contribution in [3.05, 3.63) is 29.6 Å². The van der Waals surface area contributed by atoms with Crippen LogP contribution in [0.4, 0.5) is 4.39 Å². The van der Waals surface area contributed by atoms with Gasteiger partial charge in [0.25, 0.3) is 0 Å². The van der Waals surface area contributed by atoms with E-state index in [1.165, 1.54) is 6.07 Å². The monoisotopic (exact) mass is 281 g/mol. The highest BCUT2D eigenvalue weighted by Gasteiger charge is 2.24. The molecular formula is C16H24FNO2. The van der Waals surface area contributed by atoms with Crippen LogP contribution >= 0.6 is 0 Å². The summed E-state index contributed by atoms with van der Waals surface area (Å²) in [5.74, 6) is 0.121. The number of para-hydroxylation sites is 1. The van der Waals surface area contributed by atoms with E-state index in [1.54, 1.807) is 13.2 Å². The van der Waals surface area contributed by atoms with Crippen LogP contribution in [0.5, 0.6) is 5.75 Å². The first-order valence-corrected chi connectivity index (χ1v) is 7.42. The molecule has 1 fully saturated rings. The van der Waals surface area contributed by atoms with Gasteiger partial charge in [0.05, 0.1) is 6.10 Å². The molecule has 0 radical (unpaired) electrons. The van der Waals surface area contributed by atoms with Gasteiger partial charge in [0, 0.05) is 25.6 Å². The minimum Gasteiger partial charge on any atom is -0.487 e. The summed E-state index contributed by atoms with van der Waals surface area (Å²) in [5.41, 5.74) is 0.881. The molecule has 4 heteroatoms. The molecule has 1 saturated carbocycles. The van der Waals surface area contributed by atoms with Crippen molar-refractivity contribution < 1.29 is 13.9 Å². The number of hydrogen-bond donors (Lipinski definition) is 1. The first kappa shape index (κ1) is 15.3. The molecule has 0 saturated heterocycles. The lowest BCUT2D eigenvalue weighted by Crippen LogP contribution is -2.30. The van der Waals surface area contributed by atoms with E-state index in [-0.39, 0.29) is 18.0 Å². The zero-order chi connectivity index (χ0) is 14.4. The lowest BCUT2D eigenvalue weighted by Gasteiger charge is -2.29. The predicted octanol–water partition coefficient (Wildman–Crippen LogP) is 3.27. The van der Waals surface area contributed by atoms with Gasteiger partial charge in [-0.25, -0.2) is 4.39 Å². The maximum absolute atomic E-state index is 14.0. The van der Waals surface area contributed by atoms with Gasteiger partial charge < -0.3 is 14.8 Å². The highest BCUT2D eigenvalue weighted by Crippen LogP contribution is 2.29. The summed E-state index contributed by atoms with van der Waals surface area (Å²) in [4.78, 5) is 0. The Morgan fingerprint density at radius 2 is 2.10 bits per heavy atom. The Hall–Kier alpha value is -1.13. The van der Waals surface area contributed by atoms with Crippen LogP contribution in [-0.2, 0) is 11.3 Å². The minimum atomic E-state index is -0.278. The van der Waals surface area contributed by atoms with Crippen LogP contribution in [0.15, 0.2) is 18.2 Å². The van der Waals surface area contributed by atoms with Crippen molar-refractivity contribution in [1.82, 2.24) is 5.32 Å². The fourth-order valence-corrected chi connectivity index (χ4v) is 2.67. The molecule has 3 nitrogen and oxygen atoms in total. The molecule has 2 rings (SSSR count). The van der Waals surface area contributed by atoms with Gasteiger partial charge in [-0.15, -0.1) is 0 Å².